The summed E-state index contributed by atoms with van der Waals surface area (Å²) in [6.07, 6.45) is 0.434. The van der Waals surface area contributed by atoms with Gasteiger partial charge in [0.1, 0.15) is 11.5 Å². The summed E-state index contributed by atoms with van der Waals surface area (Å²) in [5.41, 5.74) is 2.26. The lowest BCUT2D eigenvalue weighted by molar-refractivity contribution is -0.139. The van der Waals surface area contributed by atoms with Crippen molar-refractivity contribution in [3.8, 4) is 21.9 Å². The quantitative estimate of drug-likeness (QED) is 0.480. The van der Waals surface area contributed by atoms with E-state index in [0.29, 0.717) is 32.6 Å². The molecule has 0 radical (unpaired) electrons. The van der Waals surface area contributed by atoms with Crippen LogP contribution in [-0.2, 0) is 11.2 Å². The average Bonchev–Trinajstić information content (AvgIpc) is 3.04. The van der Waals surface area contributed by atoms with Crippen molar-refractivity contribution < 1.29 is 19.7 Å². The van der Waals surface area contributed by atoms with Crippen molar-refractivity contribution in [2.75, 3.05) is 6.61 Å². The highest BCUT2D eigenvalue weighted by Gasteiger charge is 2.13. The van der Waals surface area contributed by atoms with Gasteiger partial charge in [-0.3, -0.25) is 0 Å². The van der Waals surface area contributed by atoms with Gasteiger partial charge in [0.05, 0.1) is 5.02 Å². The van der Waals surface area contributed by atoms with Crippen molar-refractivity contribution in [1.29, 1.82) is 0 Å². The van der Waals surface area contributed by atoms with E-state index in [0.717, 1.165) is 10.4 Å². The number of carbonyl (C=O) groups is 1. The Labute approximate surface area is 174 Å². The van der Waals surface area contributed by atoms with Crippen molar-refractivity contribution >= 4 is 52.1 Å². The number of hydrogen-bond acceptors (Lipinski definition) is 4. The summed E-state index contributed by atoms with van der Waals surface area (Å²) in [5, 5.41) is 22.0. The zero-order valence-corrected chi connectivity index (χ0v) is 16.8. The number of hydrogen-bond donors (Lipinski definition) is 2. The molecule has 0 unspecified atom stereocenters. The van der Waals surface area contributed by atoms with Crippen LogP contribution in [0.25, 0.3) is 10.4 Å². The first-order valence-electron chi connectivity index (χ1n) is 7.72. The number of thiophene rings is 1. The molecular weight excluding hydrogens is 431 g/mol. The van der Waals surface area contributed by atoms with Crippen LogP contribution in [0.4, 0.5) is 0 Å². The zero-order chi connectivity index (χ0) is 19.6. The second-order valence-corrected chi connectivity index (χ2v) is 7.87. The van der Waals surface area contributed by atoms with Gasteiger partial charge in [0.2, 0.25) is 0 Å². The third-order valence-electron chi connectivity index (χ3n) is 3.75. The van der Waals surface area contributed by atoms with Crippen LogP contribution in [-0.4, -0.2) is 22.8 Å². The first kappa shape index (κ1) is 19.8. The monoisotopic (exact) mass is 442 g/mol. The number of aromatic hydroxyl groups is 1. The Hall–Kier alpha value is -1.92. The molecule has 27 heavy (non-hydrogen) atoms. The number of carboxylic acids is 1. The minimum absolute atomic E-state index is 0.159. The summed E-state index contributed by atoms with van der Waals surface area (Å²) in [7, 11) is 0. The molecule has 2 aromatic carbocycles. The van der Waals surface area contributed by atoms with E-state index < -0.39 is 12.6 Å². The Morgan fingerprint density at radius 2 is 1.78 bits per heavy atom. The van der Waals surface area contributed by atoms with Gasteiger partial charge in [-0.1, -0.05) is 40.9 Å². The van der Waals surface area contributed by atoms with Crippen LogP contribution in [0.3, 0.4) is 0 Å². The van der Waals surface area contributed by atoms with Crippen molar-refractivity contribution in [3.63, 3.8) is 0 Å². The number of aliphatic carboxylic acids is 1. The van der Waals surface area contributed by atoms with Gasteiger partial charge in [0.25, 0.3) is 0 Å². The molecule has 0 bridgehead atoms. The van der Waals surface area contributed by atoms with Gasteiger partial charge in [-0.25, -0.2) is 4.79 Å². The second kappa shape index (κ2) is 8.40. The lowest BCUT2D eigenvalue weighted by Crippen LogP contribution is -2.09. The summed E-state index contributed by atoms with van der Waals surface area (Å²) in [6, 6.07) is 10.1. The maximum Gasteiger partial charge on any atom is 0.341 e. The highest BCUT2D eigenvalue weighted by molar-refractivity contribution is 7.14. The summed E-state index contributed by atoms with van der Waals surface area (Å²) in [5.74, 6) is -0.640. The van der Waals surface area contributed by atoms with Gasteiger partial charge < -0.3 is 14.9 Å². The van der Waals surface area contributed by atoms with E-state index in [-0.39, 0.29) is 11.5 Å². The molecule has 0 spiro atoms. The molecule has 0 aliphatic carbocycles. The molecule has 0 amide bonds. The molecule has 0 aliphatic rings. The molecular formula is C19H13Cl3O4S. The van der Waals surface area contributed by atoms with Crippen LogP contribution in [0.2, 0.25) is 15.1 Å². The largest absolute Gasteiger partial charge is 0.507 e. The lowest BCUT2D eigenvalue weighted by atomic mass is 10.0. The van der Waals surface area contributed by atoms with E-state index in [4.69, 9.17) is 44.6 Å². The van der Waals surface area contributed by atoms with Crippen molar-refractivity contribution in [1.82, 2.24) is 0 Å². The topological polar surface area (TPSA) is 66.8 Å². The Bertz CT molecular complexity index is 977. The fourth-order valence-electron chi connectivity index (χ4n) is 2.53. The number of phenols is 1. The van der Waals surface area contributed by atoms with Crippen LogP contribution < -0.4 is 4.74 Å². The number of ether oxygens (including phenoxy) is 1. The molecule has 0 saturated carbocycles. The van der Waals surface area contributed by atoms with E-state index in [9.17, 15) is 9.90 Å². The molecule has 0 aliphatic heterocycles. The van der Waals surface area contributed by atoms with E-state index in [1.807, 2.05) is 6.07 Å². The number of rotatable bonds is 6. The molecule has 140 valence electrons. The maximum atomic E-state index is 10.6. The number of halogens is 3. The van der Waals surface area contributed by atoms with E-state index in [2.05, 4.69) is 0 Å². The summed E-state index contributed by atoms with van der Waals surface area (Å²) < 4.78 is 5.12. The lowest BCUT2D eigenvalue weighted by Gasteiger charge is -2.12. The van der Waals surface area contributed by atoms with Crippen molar-refractivity contribution in [2.45, 2.75) is 6.42 Å². The van der Waals surface area contributed by atoms with Crippen LogP contribution >= 0.6 is 46.1 Å². The Kier molecular flexibility index (Phi) is 6.17. The normalized spacial score (nSPS) is 10.8. The van der Waals surface area contributed by atoms with Gasteiger partial charge in [0.15, 0.2) is 6.61 Å². The SMILES string of the molecule is O=C(O)COc1cc(Cl)c(Cc2ccc(O)c(-c3cc(Cl)cs3)c2)c(Cl)c1. The van der Waals surface area contributed by atoms with E-state index >= 15 is 0 Å². The van der Waals surface area contributed by atoms with Gasteiger partial charge in [-0.05, 0) is 41.5 Å². The van der Waals surface area contributed by atoms with Crippen LogP contribution in [0, 0.1) is 0 Å². The Morgan fingerprint density at radius 1 is 1.07 bits per heavy atom. The molecule has 4 nitrogen and oxygen atoms in total. The highest BCUT2D eigenvalue weighted by atomic mass is 35.5. The van der Waals surface area contributed by atoms with E-state index in [1.54, 1.807) is 23.6 Å². The second-order valence-electron chi connectivity index (χ2n) is 5.71. The Balaban J connectivity index is 1.88. The summed E-state index contributed by atoms with van der Waals surface area (Å²) >= 11 is 20.0. The summed E-state index contributed by atoms with van der Waals surface area (Å²) in [4.78, 5) is 11.5. The minimum atomic E-state index is -1.09. The maximum absolute atomic E-state index is 10.6. The standard InChI is InChI=1S/C19H13Cl3O4S/c20-11-5-18(27-9-11)14-4-10(1-2-17(14)23)3-13-15(21)6-12(7-16(13)22)26-8-19(24)25/h1-2,4-7,9,23H,3,8H2,(H,24,25). The molecule has 0 saturated heterocycles. The molecule has 8 heteroatoms. The van der Waals surface area contributed by atoms with Gasteiger partial charge in [-0.15, -0.1) is 11.3 Å². The first-order chi connectivity index (χ1) is 12.8. The number of carboxylic acid groups (broad SMARTS) is 1. The smallest absolute Gasteiger partial charge is 0.341 e. The molecule has 0 atom stereocenters. The fourth-order valence-corrected chi connectivity index (χ4v) is 4.23. The van der Waals surface area contributed by atoms with Crippen molar-refractivity contribution in [3.05, 3.63) is 68.0 Å². The predicted octanol–water partition coefficient (Wildman–Crippen LogP) is 6.14. The molecule has 1 heterocycles. The first-order valence-corrected chi connectivity index (χ1v) is 9.73. The Morgan fingerprint density at radius 3 is 2.37 bits per heavy atom. The third kappa shape index (κ3) is 4.87. The van der Waals surface area contributed by atoms with E-state index in [1.165, 1.54) is 23.5 Å². The van der Waals surface area contributed by atoms with Gasteiger partial charge in [-0.2, -0.15) is 0 Å². The molecule has 2 N–H and O–H groups in total. The van der Waals surface area contributed by atoms with Gasteiger partial charge >= 0.3 is 5.97 Å². The number of phenolic OH excluding ortho intramolecular Hbond substituents is 1. The third-order valence-corrected chi connectivity index (χ3v) is 5.74. The minimum Gasteiger partial charge on any atom is -0.507 e. The molecule has 3 rings (SSSR count). The fraction of sp³-hybridized carbons (Fsp3) is 0.105. The molecule has 3 aromatic rings. The summed E-state index contributed by atoms with van der Waals surface area (Å²) in [6.45, 7) is -0.475. The average molecular weight is 444 g/mol. The predicted molar refractivity (Wildman–Crippen MR) is 109 cm³/mol. The highest BCUT2D eigenvalue weighted by Crippen LogP contribution is 2.37. The zero-order valence-electron chi connectivity index (χ0n) is 13.7. The van der Waals surface area contributed by atoms with Crippen LogP contribution in [0.15, 0.2) is 41.8 Å². The van der Waals surface area contributed by atoms with Crippen molar-refractivity contribution in [2.24, 2.45) is 0 Å². The van der Waals surface area contributed by atoms with Crippen LogP contribution in [0.5, 0.6) is 11.5 Å². The van der Waals surface area contributed by atoms with Gasteiger partial charge in [0, 0.05) is 32.3 Å². The van der Waals surface area contributed by atoms with Crippen LogP contribution in [0.1, 0.15) is 11.1 Å². The molecule has 0 fully saturated rings. The molecule has 1 aromatic heterocycles. The number of benzene rings is 2.